The highest BCUT2D eigenvalue weighted by Crippen LogP contribution is 2.36. The molecule has 1 fully saturated rings. The number of rotatable bonds is 3. The van der Waals surface area contributed by atoms with Gasteiger partial charge >= 0.3 is 0 Å². The third-order valence-electron chi connectivity index (χ3n) is 4.27. The fourth-order valence-electron chi connectivity index (χ4n) is 2.98. The Hall–Kier alpha value is -0.860. The van der Waals surface area contributed by atoms with Gasteiger partial charge in [-0.15, -0.1) is 0 Å². The summed E-state index contributed by atoms with van der Waals surface area (Å²) >= 11 is 0. The number of benzene rings is 1. The van der Waals surface area contributed by atoms with Crippen molar-refractivity contribution >= 4 is 0 Å². The predicted molar refractivity (Wildman–Crippen MR) is 73.8 cm³/mol. The summed E-state index contributed by atoms with van der Waals surface area (Å²) in [6, 6.07) is 4.31. The van der Waals surface area contributed by atoms with Gasteiger partial charge in [-0.2, -0.15) is 0 Å². The average Bonchev–Trinajstić information content (AvgIpc) is 2.81. The molecule has 0 aliphatic carbocycles. The average molecular weight is 248 g/mol. The van der Waals surface area contributed by atoms with E-state index in [0.717, 1.165) is 25.0 Å². The maximum absolute atomic E-state index is 10.6. The Morgan fingerprint density at radius 2 is 1.89 bits per heavy atom. The van der Waals surface area contributed by atoms with Crippen LogP contribution in [0.4, 0.5) is 0 Å². The molecular weight excluding hydrogens is 224 g/mol. The molecule has 1 N–H and O–H groups in total. The van der Waals surface area contributed by atoms with Crippen LogP contribution in [0.25, 0.3) is 0 Å². The van der Waals surface area contributed by atoms with Crippen LogP contribution in [0.15, 0.2) is 12.1 Å². The number of aliphatic hydroxyl groups excluding tert-OH is 1. The minimum Gasteiger partial charge on any atom is -0.388 e. The first-order chi connectivity index (χ1) is 8.54. The van der Waals surface area contributed by atoms with Gasteiger partial charge in [0.25, 0.3) is 0 Å². The van der Waals surface area contributed by atoms with E-state index in [1.165, 1.54) is 16.7 Å². The highest BCUT2D eigenvalue weighted by atomic mass is 16.5. The highest BCUT2D eigenvalue weighted by molar-refractivity contribution is 5.38. The smallest absolute Gasteiger partial charge is 0.0846 e. The van der Waals surface area contributed by atoms with Crippen LogP contribution in [0.3, 0.4) is 0 Å². The van der Waals surface area contributed by atoms with Gasteiger partial charge in [-0.1, -0.05) is 19.1 Å². The molecule has 2 heteroatoms. The van der Waals surface area contributed by atoms with Crippen molar-refractivity contribution in [3.63, 3.8) is 0 Å². The molecule has 18 heavy (non-hydrogen) atoms. The minimum atomic E-state index is -0.392. The Balaban J connectivity index is 2.28. The van der Waals surface area contributed by atoms with Crippen LogP contribution in [0, 0.1) is 26.7 Å². The summed E-state index contributed by atoms with van der Waals surface area (Å²) in [6.45, 7) is 9.22. The van der Waals surface area contributed by atoms with Crippen LogP contribution in [0.2, 0.25) is 0 Å². The summed E-state index contributed by atoms with van der Waals surface area (Å²) in [5.74, 6) is 0.246. The second-order valence-electron chi connectivity index (χ2n) is 5.51. The van der Waals surface area contributed by atoms with Gasteiger partial charge in [-0.25, -0.2) is 0 Å². The third kappa shape index (κ3) is 2.45. The summed E-state index contributed by atoms with van der Waals surface area (Å²) in [7, 11) is 0. The van der Waals surface area contributed by atoms with Gasteiger partial charge in [0.05, 0.1) is 12.2 Å². The van der Waals surface area contributed by atoms with Crippen LogP contribution in [-0.2, 0) is 4.74 Å². The monoisotopic (exact) mass is 248 g/mol. The zero-order valence-corrected chi connectivity index (χ0v) is 11.9. The normalized spacial score (nSPS) is 25.4. The van der Waals surface area contributed by atoms with Crippen molar-refractivity contribution in [1.29, 1.82) is 0 Å². The van der Waals surface area contributed by atoms with Crippen molar-refractivity contribution in [2.45, 2.75) is 52.7 Å². The molecular formula is C16H24O2. The second kappa shape index (κ2) is 5.41. The molecule has 2 rings (SSSR count). The maximum Gasteiger partial charge on any atom is 0.0846 e. The molecule has 100 valence electrons. The SMILES string of the molecule is CCC1OCCC1C(O)c1cc(C)c(C)cc1C. The molecule has 0 saturated carbocycles. The summed E-state index contributed by atoms with van der Waals surface area (Å²) in [6.07, 6.45) is 1.76. The van der Waals surface area contributed by atoms with E-state index in [-0.39, 0.29) is 12.0 Å². The third-order valence-corrected chi connectivity index (χ3v) is 4.27. The topological polar surface area (TPSA) is 29.5 Å². The van der Waals surface area contributed by atoms with Gasteiger partial charge in [0.1, 0.15) is 0 Å². The second-order valence-corrected chi connectivity index (χ2v) is 5.51. The Kier molecular flexibility index (Phi) is 4.08. The van der Waals surface area contributed by atoms with Crippen LogP contribution < -0.4 is 0 Å². The van der Waals surface area contributed by atoms with Gasteiger partial charge in [0, 0.05) is 12.5 Å². The van der Waals surface area contributed by atoms with Crippen LogP contribution in [0.1, 0.15) is 48.1 Å². The molecule has 1 saturated heterocycles. The molecule has 1 aliphatic heterocycles. The van der Waals surface area contributed by atoms with E-state index < -0.39 is 6.10 Å². The molecule has 0 amide bonds. The Morgan fingerprint density at radius 3 is 2.56 bits per heavy atom. The van der Waals surface area contributed by atoms with Gasteiger partial charge in [0.15, 0.2) is 0 Å². The van der Waals surface area contributed by atoms with E-state index >= 15 is 0 Å². The van der Waals surface area contributed by atoms with Crippen molar-refractivity contribution in [3.05, 3.63) is 34.4 Å². The lowest BCUT2D eigenvalue weighted by Crippen LogP contribution is -2.22. The Bertz CT molecular complexity index is 425. The van der Waals surface area contributed by atoms with Gasteiger partial charge in [0.2, 0.25) is 0 Å². The molecule has 0 aromatic heterocycles. The lowest BCUT2D eigenvalue weighted by Gasteiger charge is -2.25. The zero-order chi connectivity index (χ0) is 13.3. The molecule has 0 radical (unpaired) electrons. The van der Waals surface area contributed by atoms with Crippen molar-refractivity contribution in [2.24, 2.45) is 5.92 Å². The Labute approximate surface area is 110 Å². The van der Waals surface area contributed by atoms with E-state index in [0.29, 0.717) is 0 Å². The first-order valence-corrected chi connectivity index (χ1v) is 6.92. The summed E-state index contributed by atoms with van der Waals surface area (Å²) in [5.41, 5.74) is 4.80. The first kappa shape index (κ1) is 13.6. The molecule has 1 aliphatic rings. The molecule has 0 bridgehead atoms. The molecule has 3 atom stereocenters. The van der Waals surface area contributed by atoms with Gasteiger partial charge in [-0.05, 0) is 55.9 Å². The van der Waals surface area contributed by atoms with E-state index in [1.807, 2.05) is 0 Å². The van der Waals surface area contributed by atoms with Crippen molar-refractivity contribution < 1.29 is 9.84 Å². The standard InChI is InChI=1S/C16H24O2/c1-5-15-13(6-7-18-15)16(17)14-9-11(3)10(2)8-12(14)4/h8-9,13,15-17H,5-7H2,1-4H3. The maximum atomic E-state index is 10.6. The molecule has 0 spiro atoms. The number of ether oxygens (including phenoxy) is 1. The molecule has 1 aromatic rings. The summed E-state index contributed by atoms with van der Waals surface area (Å²) in [5, 5.41) is 10.6. The van der Waals surface area contributed by atoms with Crippen molar-refractivity contribution in [3.8, 4) is 0 Å². The molecule has 1 heterocycles. The Morgan fingerprint density at radius 1 is 1.22 bits per heavy atom. The fourth-order valence-corrected chi connectivity index (χ4v) is 2.98. The number of aryl methyl sites for hydroxylation is 3. The summed E-state index contributed by atoms with van der Waals surface area (Å²) < 4.78 is 5.69. The van der Waals surface area contributed by atoms with E-state index in [9.17, 15) is 5.11 Å². The van der Waals surface area contributed by atoms with E-state index in [2.05, 4.69) is 39.8 Å². The molecule has 3 unspecified atom stereocenters. The fraction of sp³-hybridized carbons (Fsp3) is 0.625. The van der Waals surface area contributed by atoms with Crippen molar-refractivity contribution in [2.75, 3.05) is 6.61 Å². The molecule has 2 nitrogen and oxygen atoms in total. The van der Waals surface area contributed by atoms with Crippen LogP contribution in [-0.4, -0.2) is 17.8 Å². The lowest BCUT2D eigenvalue weighted by molar-refractivity contribution is 0.0305. The molecule has 1 aromatic carbocycles. The first-order valence-electron chi connectivity index (χ1n) is 6.92. The van der Waals surface area contributed by atoms with Crippen LogP contribution in [0.5, 0.6) is 0 Å². The lowest BCUT2D eigenvalue weighted by atomic mass is 9.86. The van der Waals surface area contributed by atoms with Gasteiger partial charge < -0.3 is 9.84 Å². The highest BCUT2D eigenvalue weighted by Gasteiger charge is 2.34. The minimum absolute atomic E-state index is 0.209. The number of hydrogen-bond acceptors (Lipinski definition) is 2. The number of aliphatic hydroxyl groups is 1. The zero-order valence-electron chi connectivity index (χ0n) is 11.9. The predicted octanol–water partition coefficient (Wildman–Crippen LogP) is 3.46. The van der Waals surface area contributed by atoms with Gasteiger partial charge in [-0.3, -0.25) is 0 Å². The van der Waals surface area contributed by atoms with E-state index in [4.69, 9.17) is 4.74 Å². The quantitative estimate of drug-likeness (QED) is 0.887. The number of hydrogen-bond donors (Lipinski definition) is 1. The largest absolute Gasteiger partial charge is 0.388 e. The van der Waals surface area contributed by atoms with E-state index in [1.54, 1.807) is 0 Å². The van der Waals surface area contributed by atoms with Crippen LogP contribution >= 0.6 is 0 Å². The van der Waals surface area contributed by atoms with Crippen molar-refractivity contribution in [1.82, 2.24) is 0 Å². The summed E-state index contributed by atoms with van der Waals surface area (Å²) in [4.78, 5) is 0.